The molecule has 0 amide bonds. The van der Waals surface area contributed by atoms with E-state index in [1.54, 1.807) is 6.20 Å². The van der Waals surface area contributed by atoms with Crippen LogP contribution in [-0.2, 0) is 0 Å². The molecule has 0 spiro atoms. The number of benzene rings is 1. The summed E-state index contributed by atoms with van der Waals surface area (Å²) in [6.45, 7) is 2.04. The van der Waals surface area contributed by atoms with Crippen LogP contribution in [-0.4, -0.2) is 4.98 Å². The van der Waals surface area contributed by atoms with Gasteiger partial charge >= 0.3 is 0 Å². The van der Waals surface area contributed by atoms with Crippen LogP contribution in [0.3, 0.4) is 0 Å². The molecule has 1 aromatic carbocycles. The van der Waals surface area contributed by atoms with Gasteiger partial charge in [0.05, 0.1) is 11.1 Å². The molecule has 0 aliphatic carbocycles. The first-order chi connectivity index (χ1) is 7.74. The van der Waals surface area contributed by atoms with Gasteiger partial charge in [-0.1, -0.05) is 29.5 Å². The fourth-order valence-corrected chi connectivity index (χ4v) is 2.37. The van der Waals surface area contributed by atoms with E-state index in [9.17, 15) is 0 Å². The first kappa shape index (κ1) is 9.42. The Hall–Kier alpha value is -1.81. The quantitative estimate of drug-likeness (QED) is 0.696. The molecule has 2 N–H and O–H groups in total. The average molecular weight is 230 g/mol. The van der Waals surface area contributed by atoms with Crippen LogP contribution >= 0.6 is 11.3 Å². The summed E-state index contributed by atoms with van der Waals surface area (Å²) in [6.07, 6.45) is 1.74. The maximum absolute atomic E-state index is 5.81. The van der Waals surface area contributed by atoms with Gasteiger partial charge in [-0.05, 0) is 18.6 Å². The first-order valence-corrected chi connectivity index (χ1v) is 5.76. The maximum Gasteiger partial charge on any atom is 0.180 e. The van der Waals surface area contributed by atoms with Crippen LogP contribution in [0.15, 0.2) is 34.9 Å². The summed E-state index contributed by atoms with van der Waals surface area (Å²) >= 11 is 1.43. The lowest BCUT2D eigenvalue weighted by Gasteiger charge is -1.91. The molecule has 3 aromatic rings. The Kier molecular flexibility index (Phi) is 1.97. The highest BCUT2D eigenvalue weighted by atomic mass is 32.1. The van der Waals surface area contributed by atoms with Gasteiger partial charge in [-0.2, -0.15) is 0 Å². The summed E-state index contributed by atoms with van der Waals surface area (Å²) < 4.78 is 5.81. The van der Waals surface area contributed by atoms with E-state index in [4.69, 9.17) is 10.2 Å². The second kappa shape index (κ2) is 3.35. The number of furan rings is 1. The number of rotatable bonds is 1. The standard InChI is InChI=1S/C12H10N2OS/c1-7-3-2-4-8-5-9(15-11(7)8)10-6-14-12(13)16-10/h2-6H,1H3,(H2,13,14). The van der Waals surface area contributed by atoms with Gasteiger partial charge in [-0.25, -0.2) is 4.98 Å². The van der Waals surface area contributed by atoms with Crippen molar-refractivity contribution in [2.45, 2.75) is 6.92 Å². The van der Waals surface area contributed by atoms with Gasteiger partial charge in [0.1, 0.15) is 11.3 Å². The number of para-hydroxylation sites is 1. The molecule has 0 bridgehead atoms. The van der Waals surface area contributed by atoms with Gasteiger partial charge in [-0.3, -0.25) is 0 Å². The highest BCUT2D eigenvalue weighted by Gasteiger charge is 2.09. The third-order valence-corrected chi connectivity index (χ3v) is 3.35. The van der Waals surface area contributed by atoms with Crippen molar-refractivity contribution in [2.24, 2.45) is 0 Å². The van der Waals surface area contributed by atoms with Crippen molar-refractivity contribution >= 4 is 27.4 Å². The molecule has 0 radical (unpaired) electrons. The molecular weight excluding hydrogens is 220 g/mol. The number of nitrogens with two attached hydrogens (primary N) is 1. The number of nitrogens with zero attached hydrogens (tertiary/aromatic N) is 1. The summed E-state index contributed by atoms with van der Waals surface area (Å²) in [5.74, 6) is 0.832. The monoisotopic (exact) mass is 230 g/mol. The summed E-state index contributed by atoms with van der Waals surface area (Å²) in [5.41, 5.74) is 7.68. The molecule has 0 unspecified atom stereocenters. The van der Waals surface area contributed by atoms with Crippen molar-refractivity contribution in [3.63, 3.8) is 0 Å². The van der Waals surface area contributed by atoms with Gasteiger partial charge in [-0.15, -0.1) is 0 Å². The van der Waals surface area contributed by atoms with Crippen molar-refractivity contribution in [1.82, 2.24) is 4.98 Å². The zero-order valence-electron chi connectivity index (χ0n) is 8.73. The smallest absolute Gasteiger partial charge is 0.180 e. The second-order valence-corrected chi connectivity index (χ2v) is 4.73. The van der Waals surface area contributed by atoms with Crippen LogP contribution in [0.4, 0.5) is 5.13 Å². The number of hydrogen-bond acceptors (Lipinski definition) is 4. The first-order valence-electron chi connectivity index (χ1n) is 4.95. The molecule has 0 aliphatic rings. The van der Waals surface area contributed by atoms with Gasteiger partial charge in [0.15, 0.2) is 5.13 Å². The summed E-state index contributed by atoms with van der Waals surface area (Å²) in [6, 6.07) is 8.13. The Morgan fingerprint density at radius 1 is 1.38 bits per heavy atom. The van der Waals surface area contributed by atoms with E-state index < -0.39 is 0 Å². The summed E-state index contributed by atoms with van der Waals surface area (Å²) in [7, 11) is 0. The number of fused-ring (bicyclic) bond motifs is 1. The molecule has 0 atom stereocenters. The van der Waals surface area contributed by atoms with E-state index >= 15 is 0 Å². The normalized spacial score (nSPS) is 11.1. The van der Waals surface area contributed by atoms with Crippen LogP contribution in [0.25, 0.3) is 21.6 Å². The Morgan fingerprint density at radius 3 is 2.94 bits per heavy atom. The third kappa shape index (κ3) is 1.39. The summed E-state index contributed by atoms with van der Waals surface area (Å²) in [4.78, 5) is 4.99. The minimum Gasteiger partial charge on any atom is -0.455 e. The van der Waals surface area contributed by atoms with E-state index in [0.29, 0.717) is 5.13 Å². The van der Waals surface area contributed by atoms with Crippen LogP contribution in [0.2, 0.25) is 0 Å². The van der Waals surface area contributed by atoms with E-state index in [1.807, 2.05) is 31.2 Å². The molecule has 0 aliphatic heterocycles. The molecular formula is C12H10N2OS. The lowest BCUT2D eigenvalue weighted by molar-refractivity contribution is 0.630. The Balaban J connectivity index is 2.22. The highest BCUT2D eigenvalue weighted by molar-refractivity contribution is 7.18. The zero-order valence-corrected chi connectivity index (χ0v) is 9.54. The van der Waals surface area contributed by atoms with Crippen LogP contribution in [0, 0.1) is 6.92 Å². The molecule has 2 heterocycles. The summed E-state index contributed by atoms with van der Waals surface area (Å²) in [5, 5.41) is 1.68. The second-order valence-electron chi connectivity index (χ2n) is 3.67. The Bertz CT molecular complexity index is 654. The molecule has 3 nitrogen and oxygen atoms in total. The average Bonchev–Trinajstić information content (AvgIpc) is 2.84. The lowest BCUT2D eigenvalue weighted by Crippen LogP contribution is -1.77. The molecule has 0 saturated carbocycles. The van der Waals surface area contributed by atoms with E-state index in [0.717, 1.165) is 27.2 Å². The van der Waals surface area contributed by atoms with Gasteiger partial charge < -0.3 is 10.2 Å². The molecule has 4 heteroatoms. The molecule has 80 valence electrons. The number of anilines is 1. The SMILES string of the molecule is Cc1cccc2cc(-c3cnc(N)s3)oc12. The Labute approximate surface area is 96.5 Å². The number of aryl methyl sites for hydroxylation is 1. The third-order valence-electron chi connectivity index (χ3n) is 2.51. The maximum atomic E-state index is 5.81. The van der Waals surface area contributed by atoms with E-state index in [2.05, 4.69) is 4.98 Å². The van der Waals surface area contributed by atoms with E-state index in [1.165, 1.54) is 11.3 Å². The number of nitrogen functional groups attached to an aromatic ring is 1. The minimum atomic E-state index is 0.562. The fourth-order valence-electron chi connectivity index (χ4n) is 1.73. The molecule has 16 heavy (non-hydrogen) atoms. The van der Waals surface area contributed by atoms with Crippen molar-refractivity contribution in [2.75, 3.05) is 5.73 Å². The Morgan fingerprint density at radius 2 is 2.25 bits per heavy atom. The van der Waals surface area contributed by atoms with Crippen molar-refractivity contribution < 1.29 is 4.42 Å². The fraction of sp³-hybridized carbons (Fsp3) is 0.0833. The number of aromatic nitrogens is 1. The lowest BCUT2D eigenvalue weighted by atomic mass is 10.2. The van der Waals surface area contributed by atoms with Gasteiger partial charge in [0.2, 0.25) is 0 Å². The molecule has 2 aromatic heterocycles. The van der Waals surface area contributed by atoms with Crippen molar-refractivity contribution in [3.05, 3.63) is 36.0 Å². The van der Waals surface area contributed by atoms with Gasteiger partial charge in [0.25, 0.3) is 0 Å². The van der Waals surface area contributed by atoms with Crippen LogP contribution in [0.1, 0.15) is 5.56 Å². The van der Waals surface area contributed by atoms with Crippen molar-refractivity contribution in [1.29, 1.82) is 0 Å². The van der Waals surface area contributed by atoms with Gasteiger partial charge in [0, 0.05) is 5.39 Å². The largest absolute Gasteiger partial charge is 0.455 e. The molecule has 0 fully saturated rings. The zero-order chi connectivity index (χ0) is 11.1. The van der Waals surface area contributed by atoms with E-state index in [-0.39, 0.29) is 0 Å². The molecule has 0 saturated heterocycles. The van der Waals surface area contributed by atoms with Crippen LogP contribution in [0.5, 0.6) is 0 Å². The topological polar surface area (TPSA) is 52.0 Å². The number of thiazole rings is 1. The minimum absolute atomic E-state index is 0.562. The molecule has 3 rings (SSSR count). The predicted molar refractivity (Wildman–Crippen MR) is 66.5 cm³/mol. The number of hydrogen-bond donors (Lipinski definition) is 1. The van der Waals surface area contributed by atoms with Crippen LogP contribution < -0.4 is 5.73 Å². The highest BCUT2D eigenvalue weighted by Crippen LogP contribution is 2.33. The van der Waals surface area contributed by atoms with Crippen molar-refractivity contribution in [3.8, 4) is 10.6 Å². The predicted octanol–water partition coefficient (Wildman–Crippen LogP) is 3.45.